The van der Waals surface area contributed by atoms with Gasteiger partial charge in [0.1, 0.15) is 26.4 Å². The zero-order valence-electron chi connectivity index (χ0n) is 21.0. The number of unbranched alkanes of at least 4 members (excludes halogenated alkanes) is 1. The molecule has 0 spiro atoms. The second kappa shape index (κ2) is 19.6. The molecular weight excluding hydrogens is 476 g/mol. The molecule has 0 unspecified atom stereocenters. The number of amides is 2. The number of hydrogen-bond donors (Lipinski definition) is 2. The van der Waals surface area contributed by atoms with E-state index in [1.54, 1.807) is 0 Å². The van der Waals surface area contributed by atoms with E-state index in [0.29, 0.717) is 25.9 Å². The van der Waals surface area contributed by atoms with Crippen molar-refractivity contribution < 1.29 is 47.7 Å². The van der Waals surface area contributed by atoms with Crippen LogP contribution in [0, 0.1) is 0 Å². The molecule has 2 N–H and O–H groups in total. The number of carbonyl (C=O) groups is 6. The number of hydrogen-bond acceptors (Lipinski definition) is 10. The van der Waals surface area contributed by atoms with E-state index in [1.165, 1.54) is 13.8 Å². The fourth-order valence-electron chi connectivity index (χ4n) is 2.28. The van der Waals surface area contributed by atoms with Gasteiger partial charge in [-0.3, -0.25) is 19.2 Å². The second-order valence-electron chi connectivity index (χ2n) is 7.68. The minimum absolute atomic E-state index is 0.0342. The first-order chi connectivity index (χ1) is 17.0. The van der Waals surface area contributed by atoms with Crippen molar-refractivity contribution in [3.8, 4) is 0 Å². The van der Waals surface area contributed by atoms with E-state index in [-0.39, 0.29) is 75.1 Å². The molecule has 0 rings (SSSR count). The van der Waals surface area contributed by atoms with E-state index in [4.69, 9.17) is 18.9 Å². The molecule has 0 aromatic carbocycles. The third kappa shape index (κ3) is 18.7. The fraction of sp³-hybridized carbons (Fsp3) is 0.583. The quantitative estimate of drug-likeness (QED) is 0.110. The van der Waals surface area contributed by atoms with Crippen molar-refractivity contribution >= 4 is 35.7 Å². The molecule has 0 aromatic heterocycles. The Morgan fingerprint density at radius 2 is 0.889 bits per heavy atom. The first kappa shape index (κ1) is 32.3. The fourth-order valence-corrected chi connectivity index (χ4v) is 2.28. The third-order valence-corrected chi connectivity index (χ3v) is 4.22. The first-order valence-corrected chi connectivity index (χ1v) is 11.5. The van der Waals surface area contributed by atoms with Gasteiger partial charge in [-0.25, -0.2) is 9.59 Å². The highest BCUT2D eigenvalue weighted by Crippen LogP contribution is 1.98. The highest BCUT2D eigenvalue weighted by Gasteiger charge is 2.10. The zero-order valence-corrected chi connectivity index (χ0v) is 21.0. The molecular formula is C24H36N2O10. The smallest absolute Gasteiger partial charge is 0.333 e. The average Bonchev–Trinajstić information content (AvgIpc) is 2.83. The highest BCUT2D eigenvalue weighted by atomic mass is 16.6. The summed E-state index contributed by atoms with van der Waals surface area (Å²) in [5.41, 5.74) is 0.493. The molecule has 0 radical (unpaired) electrons. The maximum Gasteiger partial charge on any atom is 0.333 e. The van der Waals surface area contributed by atoms with Crippen LogP contribution in [0.3, 0.4) is 0 Å². The third-order valence-electron chi connectivity index (χ3n) is 4.22. The van der Waals surface area contributed by atoms with Crippen LogP contribution < -0.4 is 10.6 Å². The minimum atomic E-state index is -0.575. The van der Waals surface area contributed by atoms with Crippen molar-refractivity contribution in [3.05, 3.63) is 24.3 Å². The van der Waals surface area contributed by atoms with Crippen molar-refractivity contribution in [2.45, 2.75) is 52.4 Å². The summed E-state index contributed by atoms with van der Waals surface area (Å²) in [6.45, 7) is 10.2. The Morgan fingerprint density at radius 3 is 1.22 bits per heavy atom. The summed E-state index contributed by atoms with van der Waals surface area (Å²) in [7, 11) is 0. The van der Waals surface area contributed by atoms with Crippen LogP contribution in [-0.4, -0.2) is 75.2 Å². The van der Waals surface area contributed by atoms with Gasteiger partial charge < -0.3 is 29.6 Å². The van der Waals surface area contributed by atoms with Gasteiger partial charge in [0.2, 0.25) is 11.8 Å². The van der Waals surface area contributed by atoms with Crippen LogP contribution in [0.25, 0.3) is 0 Å². The molecule has 0 bridgehead atoms. The Kier molecular flexibility index (Phi) is 17.6. The molecule has 36 heavy (non-hydrogen) atoms. The normalized spacial score (nSPS) is 9.94. The lowest BCUT2D eigenvalue weighted by Gasteiger charge is -2.08. The van der Waals surface area contributed by atoms with Crippen LogP contribution in [0.1, 0.15) is 52.4 Å². The molecule has 12 nitrogen and oxygen atoms in total. The Morgan fingerprint density at radius 1 is 0.556 bits per heavy atom. The van der Waals surface area contributed by atoms with E-state index < -0.39 is 23.9 Å². The Hall–Kier alpha value is -3.70. The van der Waals surface area contributed by atoms with Gasteiger partial charge in [-0.05, 0) is 26.7 Å². The number of esters is 4. The number of nitrogens with one attached hydrogen (secondary N) is 2. The topological polar surface area (TPSA) is 163 Å². The van der Waals surface area contributed by atoms with Gasteiger partial charge in [-0.2, -0.15) is 0 Å². The molecule has 0 saturated carbocycles. The van der Waals surface area contributed by atoms with Gasteiger partial charge in [0.25, 0.3) is 0 Å². The summed E-state index contributed by atoms with van der Waals surface area (Å²) in [6, 6.07) is 0. The maximum atomic E-state index is 11.7. The molecule has 0 aromatic rings. The standard InChI is InChI=1S/C24H36N2O10/c1-17(2)23(31)35-15-13-33-21(29)9-7-19(27)25-11-5-6-12-26-20(28)8-10-22(30)34-14-16-36-24(32)18(3)4/h1,3,5-16H2,2,4H3,(H,25,27)(H,26,28). The van der Waals surface area contributed by atoms with Gasteiger partial charge >= 0.3 is 23.9 Å². The summed E-state index contributed by atoms with van der Waals surface area (Å²) in [6.07, 6.45) is 0.947. The van der Waals surface area contributed by atoms with Crippen LogP contribution >= 0.6 is 0 Å². The molecule has 202 valence electrons. The summed E-state index contributed by atoms with van der Waals surface area (Å²) in [4.78, 5) is 68.9. The molecule has 2 amide bonds. The monoisotopic (exact) mass is 512 g/mol. The van der Waals surface area contributed by atoms with Crippen molar-refractivity contribution in [1.82, 2.24) is 10.6 Å². The van der Waals surface area contributed by atoms with Crippen LogP contribution in [-0.2, 0) is 47.7 Å². The summed E-state index contributed by atoms with van der Waals surface area (Å²) >= 11 is 0. The van der Waals surface area contributed by atoms with Gasteiger partial charge in [-0.1, -0.05) is 13.2 Å². The van der Waals surface area contributed by atoms with Crippen LogP contribution in [0.4, 0.5) is 0 Å². The van der Waals surface area contributed by atoms with Crippen LogP contribution in [0.5, 0.6) is 0 Å². The lowest BCUT2D eigenvalue weighted by Crippen LogP contribution is -2.28. The molecule has 12 heteroatoms. The summed E-state index contributed by atoms with van der Waals surface area (Å²) in [5.74, 6) is -2.90. The molecule has 0 aliphatic heterocycles. The Bertz CT molecular complexity index is 741. The average molecular weight is 513 g/mol. The number of carbonyl (C=O) groups excluding carboxylic acids is 6. The first-order valence-electron chi connectivity index (χ1n) is 11.5. The van der Waals surface area contributed by atoms with E-state index >= 15 is 0 Å². The molecule has 0 saturated heterocycles. The van der Waals surface area contributed by atoms with Crippen molar-refractivity contribution in [2.24, 2.45) is 0 Å². The predicted octanol–water partition coefficient (Wildman–Crippen LogP) is 0.884. The SMILES string of the molecule is C=C(C)C(=O)OCCOC(=O)CCC(=O)NCCCCNC(=O)CCC(=O)OCCOC(=O)C(=C)C. The lowest BCUT2D eigenvalue weighted by atomic mass is 10.2. The van der Waals surface area contributed by atoms with Gasteiger partial charge in [0.05, 0.1) is 12.8 Å². The van der Waals surface area contributed by atoms with Gasteiger partial charge in [0, 0.05) is 37.1 Å². The van der Waals surface area contributed by atoms with Crippen molar-refractivity contribution in [1.29, 1.82) is 0 Å². The van der Waals surface area contributed by atoms with E-state index in [2.05, 4.69) is 23.8 Å². The van der Waals surface area contributed by atoms with Crippen LogP contribution in [0.15, 0.2) is 24.3 Å². The molecule has 0 aliphatic carbocycles. The Balaban J connectivity index is 3.65. The van der Waals surface area contributed by atoms with Gasteiger partial charge in [0.15, 0.2) is 0 Å². The van der Waals surface area contributed by atoms with E-state index in [9.17, 15) is 28.8 Å². The second-order valence-corrected chi connectivity index (χ2v) is 7.68. The molecule has 0 fully saturated rings. The van der Waals surface area contributed by atoms with Crippen molar-refractivity contribution in [2.75, 3.05) is 39.5 Å². The predicted molar refractivity (Wildman–Crippen MR) is 127 cm³/mol. The highest BCUT2D eigenvalue weighted by molar-refractivity contribution is 5.87. The Labute approximate surface area is 210 Å². The molecule has 0 heterocycles. The summed E-state index contributed by atoms with van der Waals surface area (Å²) < 4.78 is 19.3. The molecule has 0 aliphatic rings. The molecule has 0 atom stereocenters. The van der Waals surface area contributed by atoms with Crippen molar-refractivity contribution in [3.63, 3.8) is 0 Å². The number of rotatable bonds is 19. The lowest BCUT2D eigenvalue weighted by molar-refractivity contribution is -0.150. The van der Waals surface area contributed by atoms with Gasteiger partial charge in [-0.15, -0.1) is 0 Å². The minimum Gasteiger partial charge on any atom is -0.462 e. The maximum absolute atomic E-state index is 11.7. The number of ether oxygens (including phenoxy) is 4. The summed E-state index contributed by atoms with van der Waals surface area (Å²) in [5, 5.41) is 5.33. The largest absolute Gasteiger partial charge is 0.462 e. The van der Waals surface area contributed by atoms with Crippen LogP contribution in [0.2, 0.25) is 0 Å². The van der Waals surface area contributed by atoms with E-state index in [0.717, 1.165) is 0 Å². The van der Waals surface area contributed by atoms with E-state index in [1.807, 2.05) is 0 Å². The zero-order chi connectivity index (χ0) is 27.3.